The third-order valence-electron chi connectivity index (χ3n) is 5.21. The molecule has 0 aromatic heterocycles. The van der Waals surface area contributed by atoms with Crippen molar-refractivity contribution < 1.29 is 9.18 Å². The Morgan fingerprint density at radius 3 is 2.92 bits per heavy atom. The van der Waals surface area contributed by atoms with E-state index in [0.717, 1.165) is 37.1 Å². The van der Waals surface area contributed by atoms with Gasteiger partial charge in [-0.3, -0.25) is 14.7 Å². The van der Waals surface area contributed by atoms with Gasteiger partial charge in [0.05, 0.1) is 17.6 Å². The molecular formula is C19H20FN3O. The first-order valence-corrected chi connectivity index (χ1v) is 8.38. The van der Waals surface area contributed by atoms with Gasteiger partial charge >= 0.3 is 0 Å². The molecule has 0 bridgehead atoms. The number of para-hydroxylation sites is 1. The van der Waals surface area contributed by atoms with Crippen LogP contribution in [0, 0.1) is 5.82 Å². The summed E-state index contributed by atoms with van der Waals surface area (Å²) in [4.78, 5) is 18.9. The fourth-order valence-electron chi connectivity index (χ4n) is 3.79. The maximum atomic E-state index is 14.1. The minimum absolute atomic E-state index is 0.213. The molecule has 4 nitrogen and oxygen atoms in total. The van der Waals surface area contributed by atoms with Gasteiger partial charge in [0, 0.05) is 37.2 Å². The lowest BCUT2D eigenvalue weighted by molar-refractivity contribution is -0.115. The molecular weight excluding hydrogens is 305 g/mol. The highest BCUT2D eigenvalue weighted by atomic mass is 19.1. The molecule has 2 aliphatic heterocycles. The van der Waals surface area contributed by atoms with E-state index in [4.69, 9.17) is 0 Å². The largest absolute Gasteiger partial charge is 0.344 e. The summed E-state index contributed by atoms with van der Waals surface area (Å²) in [7, 11) is 0. The Morgan fingerprint density at radius 1 is 1.29 bits per heavy atom. The Labute approximate surface area is 140 Å². The van der Waals surface area contributed by atoms with Gasteiger partial charge in [0.2, 0.25) is 0 Å². The molecule has 1 aromatic carbocycles. The van der Waals surface area contributed by atoms with E-state index < -0.39 is 0 Å². The topological polar surface area (TPSA) is 44.7 Å². The van der Waals surface area contributed by atoms with Gasteiger partial charge in [0.15, 0.2) is 5.78 Å². The van der Waals surface area contributed by atoms with Crippen LogP contribution in [0.3, 0.4) is 0 Å². The van der Waals surface area contributed by atoms with Crippen molar-refractivity contribution in [2.45, 2.75) is 24.8 Å². The van der Waals surface area contributed by atoms with Crippen molar-refractivity contribution in [2.75, 3.05) is 25.0 Å². The van der Waals surface area contributed by atoms with Crippen molar-refractivity contribution in [3.05, 3.63) is 53.4 Å². The predicted octanol–water partition coefficient (Wildman–Crippen LogP) is 3.03. The number of likely N-dealkylation sites (tertiary alicyclic amines) is 1. The lowest BCUT2D eigenvalue weighted by atomic mass is 9.79. The minimum atomic E-state index is -0.343. The predicted molar refractivity (Wildman–Crippen MR) is 92.7 cm³/mol. The molecule has 24 heavy (non-hydrogen) atoms. The van der Waals surface area contributed by atoms with Gasteiger partial charge < -0.3 is 5.32 Å². The number of carbonyl (C=O) groups is 1. The summed E-state index contributed by atoms with van der Waals surface area (Å²) in [6.07, 6.45) is 9.57. The second-order valence-corrected chi connectivity index (χ2v) is 6.62. The molecule has 0 atom stereocenters. The van der Waals surface area contributed by atoms with E-state index in [-0.39, 0.29) is 17.1 Å². The Kier molecular flexibility index (Phi) is 3.81. The maximum Gasteiger partial charge on any atom is 0.163 e. The number of benzene rings is 1. The van der Waals surface area contributed by atoms with Gasteiger partial charge in [-0.25, -0.2) is 4.39 Å². The molecule has 1 aromatic rings. The molecule has 1 N–H and O–H groups in total. The Balaban J connectivity index is 1.50. The molecule has 0 amide bonds. The van der Waals surface area contributed by atoms with Crippen LogP contribution in [0.2, 0.25) is 0 Å². The number of hydrogen-bond acceptors (Lipinski definition) is 4. The van der Waals surface area contributed by atoms with Crippen LogP contribution in [0.5, 0.6) is 0 Å². The van der Waals surface area contributed by atoms with Gasteiger partial charge in [-0.15, -0.1) is 0 Å². The van der Waals surface area contributed by atoms with Crippen LogP contribution in [0.15, 0.2) is 47.0 Å². The number of nitrogens with one attached hydrogen (secondary N) is 1. The van der Waals surface area contributed by atoms with E-state index in [2.05, 4.69) is 15.2 Å². The number of rotatable bonds is 2. The zero-order valence-electron chi connectivity index (χ0n) is 13.5. The number of carbonyl (C=O) groups excluding carboxylic acids is 1. The Morgan fingerprint density at radius 2 is 2.12 bits per heavy atom. The Hall–Kier alpha value is -2.27. The number of aliphatic imine (C=N–C) groups is 1. The van der Waals surface area contributed by atoms with E-state index in [9.17, 15) is 9.18 Å². The van der Waals surface area contributed by atoms with E-state index in [1.54, 1.807) is 12.4 Å². The van der Waals surface area contributed by atoms with Crippen molar-refractivity contribution in [3.63, 3.8) is 0 Å². The maximum absolute atomic E-state index is 14.1. The van der Waals surface area contributed by atoms with Crippen LogP contribution >= 0.6 is 0 Å². The zero-order valence-corrected chi connectivity index (χ0v) is 13.5. The van der Waals surface area contributed by atoms with Crippen molar-refractivity contribution in [1.29, 1.82) is 0 Å². The second-order valence-electron chi connectivity index (χ2n) is 6.62. The molecule has 2 heterocycles. The molecule has 124 valence electrons. The summed E-state index contributed by atoms with van der Waals surface area (Å²) in [5, 5.41) is 2.94. The van der Waals surface area contributed by atoms with Crippen LogP contribution in [0.1, 0.15) is 24.8 Å². The fourth-order valence-corrected chi connectivity index (χ4v) is 3.79. The average Bonchev–Trinajstić information content (AvgIpc) is 2.60. The normalized spacial score (nSPS) is 22.2. The zero-order chi connectivity index (χ0) is 16.6. The lowest BCUT2D eigenvalue weighted by Crippen LogP contribution is -2.44. The number of hydrogen-bond donors (Lipinski definition) is 1. The summed E-state index contributed by atoms with van der Waals surface area (Å²) < 4.78 is 14.1. The average molecular weight is 325 g/mol. The molecule has 1 spiro atoms. The molecule has 0 unspecified atom stereocenters. The number of halogens is 1. The number of anilines is 1. The first-order chi connectivity index (χ1) is 11.7. The first-order valence-electron chi connectivity index (χ1n) is 8.38. The Bertz CT molecular complexity index is 758. The highest BCUT2D eigenvalue weighted by molar-refractivity contribution is 5.98. The summed E-state index contributed by atoms with van der Waals surface area (Å²) in [5.74, 6) is -0.0182. The molecule has 1 saturated heterocycles. The lowest BCUT2D eigenvalue weighted by Gasteiger charge is -2.42. The number of ketones is 1. The van der Waals surface area contributed by atoms with Crippen molar-refractivity contribution >= 4 is 17.8 Å². The number of piperidine rings is 1. The SMILES string of the molecule is O=C1CC=CC=C1CN1CCC2(CC1)N=CNc1c(F)cccc12. The number of Topliss-reactive ketones (excluding diaryl/α,β-unsaturated/α-hetero) is 1. The van der Waals surface area contributed by atoms with Crippen LogP contribution < -0.4 is 5.32 Å². The number of fused-ring (bicyclic) bond motifs is 2. The van der Waals surface area contributed by atoms with Crippen molar-refractivity contribution in [1.82, 2.24) is 4.90 Å². The molecule has 1 aliphatic carbocycles. The van der Waals surface area contributed by atoms with Gasteiger partial charge in [0.1, 0.15) is 5.82 Å². The van der Waals surface area contributed by atoms with Crippen LogP contribution in [0.25, 0.3) is 0 Å². The summed E-state index contributed by atoms with van der Waals surface area (Å²) >= 11 is 0. The smallest absolute Gasteiger partial charge is 0.163 e. The van der Waals surface area contributed by atoms with Crippen LogP contribution in [0.4, 0.5) is 10.1 Å². The number of nitrogens with zero attached hydrogens (tertiary/aromatic N) is 2. The molecule has 0 radical (unpaired) electrons. The van der Waals surface area contributed by atoms with Crippen molar-refractivity contribution in [2.24, 2.45) is 4.99 Å². The monoisotopic (exact) mass is 325 g/mol. The van der Waals surface area contributed by atoms with Gasteiger partial charge in [-0.05, 0) is 18.9 Å². The molecule has 4 rings (SSSR count). The van der Waals surface area contributed by atoms with Gasteiger partial charge in [-0.1, -0.05) is 30.4 Å². The fraction of sp³-hybridized carbons (Fsp3) is 0.368. The molecule has 1 fully saturated rings. The molecule has 5 heteroatoms. The third kappa shape index (κ3) is 2.59. The quantitative estimate of drug-likeness (QED) is 0.909. The van der Waals surface area contributed by atoms with E-state index in [1.807, 2.05) is 24.3 Å². The highest BCUT2D eigenvalue weighted by Gasteiger charge is 2.39. The standard InChI is InChI=1S/C19H20FN3O/c20-16-6-3-5-15-18(16)21-13-22-19(15)8-10-23(11-9-19)12-14-4-1-2-7-17(14)24/h1-6,13H,7-12H2,(H,21,22). The summed E-state index contributed by atoms with van der Waals surface area (Å²) in [6, 6.07) is 5.20. The van der Waals surface area contributed by atoms with E-state index >= 15 is 0 Å². The second kappa shape index (κ2) is 5.98. The van der Waals surface area contributed by atoms with E-state index in [0.29, 0.717) is 18.7 Å². The number of allylic oxidation sites excluding steroid dienone is 3. The molecule has 3 aliphatic rings. The highest BCUT2D eigenvalue weighted by Crippen LogP contribution is 2.43. The third-order valence-corrected chi connectivity index (χ3v) is 5.21. The van der Waals surface area contributed by atoms with Crippen LogP contribution in [-0.4, -0.2) is 36.7 Å². The van der Waals surface area contributed by atoms with Gasteiger partial charge in [-0.2, -0.15) is 0 Å². The summed E-state index contributed by atoms with van der Waals surface area (Å²) in [6.45, 7) is 2.39. The molecule has 0 saturated carbocycles. The van der Waals surface area contributed by atoms with Crippen LogP contribution in [-0.2, 0) is 10.3 Å². The van der Waals surface area contributed by atoms with Gasteiger partial charge in [0.25, 0.3) is 0 Å². The minimum Gasteiger partial charge on any atom is -0.344 e. The van der Waals surface area contributed by atoms with Crippen molar-refractivity contribution in [3.8, 4) is 0 Å². The van der Waals surface area contributed by atoms with E-state index in [1.165, 1.54) is 6.07 Å². The first kappa shape index (κ1) is 15.3. The summed E-state index contributed by atoms with van der Waals surface area (Å²) in [5.41, 5.74) is 2.04.